The van der Waals surface area contributed by atoms with Gasteiger partial charge >= 0.3 is 5.97 Å². The van der Waals surface area contributed by atoms with Crippen LogP contribution in [0, 0.1) is 5.92 Å². The van der Waals surface area contributed by atoms with Gasteiger partial charge in [-0.1, -0.05) is 26.3 Å². The quantitative estimate of drug-likeness (QED) is 0.541. The van der Waals surface area contributed by atoms with Crippen molar-refractivity contribution in [3.05, 3.63) is 29.8 Å². The summed E-state index contributed by atoms with van der Waals surface area (Å²) in [6.07, 6.45) is 4.17. The van der Waals surface area contributed by atoms with Crippen molar-refractivity contribution in [3.63, 3.8) is 0 Å². The lowest BCUT2D eigenvalue weighted by Crippen LogP contribution is -2.08. The lowest BCUT2D eigenvalue weighted by atomic mass is 10.1. The molecule has 116 valence electrons. The molecule has 0 N–H and O–H groups in total. The lowest BCUT2D eigenvalue weighted by molar-refractivity contribution is -0.137. The van der Waals surface area contributed by atoms with E-state index in [2.05, 4.69) is 13.8 Å². The Labute approximate surface area is 126 Å². The summed E-state index contributed by atoms with van der Waals surface area (Å²) in [6.45, 7) is 7.08. The summed E-state index contributed by atoms with van der Waals surface area (Å²) < 4.78 is 15.9. The number of benzene rings is 1. The molecule has 1 aromatic rings. The number of methoxy groups -OCH3 is 1. The van der Waals surface area contributed by atoms with Gasteiger partial charge in [-0.05, 0) is 36.6 Å². The predicted molar refractivity (Wildman–Crippen MR) is 83.6 cm³/mol. The number of esters is 1. The number of carbonyl (C=O) groups is 1. The first kappa shape index (κ1) is 17.1. The molecule has 0 saturated carbocycles. The van der Waals surface area contributed by atoms with E-state index < -0.39 is 0 Å². The Bertz CT molecular complexity index is 480. The van der Waals surface area contributed by atoms with Crippen LogP contribution in [0.4, 0.5) is 0 Å². The van der Waals surface area contributed by atoms with E-state index in [9.17, 15) is 4.79 Å². The van der Waals surface area contributed by atoms with E-state index in [0.29, 0.717) is 30.6 Å². The molecule has 1 aromatic carbocycles. The van der Waals surface area contributed by atoms with Crippen LogP contribution < -0.4 is 9.47 Å². The Hall–Kier alpha value is -1.97. The van der Waals surface area contributed by atoms with Gasteiger partial charge in [-0.25, -0.2) is 4.79 Å². The largest absolute Gasteiger partial charge is 0.493 e. The summed E-state index contributed by atoms with van der Waals surface area (Å²) in [5.74, 6) is 1.52. The summed E-state index contributed by atoms with van der Waals surface area (Å²) in [5, 5.41) is 0. The molecule has 1 unspecified atom stereocenters. The van der Waals surface area contributed by atoms with Gasteiger partial charge in [0.25, 0.3) is 0 Å². The summed E-state index contributed by atoms with van der Waals surface area (Å²) >= 11 is 0. The van der Waals surface area contributed by atoms with Crippen LogP contribution >= 0.6 is 0 Å². The van der Waals surface area contributed by atoms with E-state index in [1.54, 1.807) is 20.1 Å². The van der Waals surface area contributed by atoms with Crippen LogP contribution in [0.2, 0.25) is 0 Å². The van der Waals surface area contributed by atoms with E-state index >= 15 is 0 Å². The van der Waals surface area contributed by atoms with Crippen LogP contribution in [0.15, 0.2) is 24.3 Å². The molecule has 0 spiro atoms. The highest BCUT2D eigenvalue weighted by Gasteiger charge is 2.07. The van der Waals surface area contributed by atoms with Gasteiger partial charge < -0.3 is 14.2 Å². The fraction of sp³-hybridized carbons (Fsp3) is 0.471. The third kappa shape index (κ3) is 5.90. The van der Waals surface area contributed by atoms with Gasteiger partial charge in [0.15, 0.2) is 11.5 Å². The summed E-state index contributed by atoms with van der Waals surface area (Å²) in [7, 11) is 1.60. The maximum absolute atomic E-state index is 11.3. The first-order chi connectivity index (χ1) is 10.1. The highest BCUT2D eigenvalue weighted by molar-refractivity contribution is 5.87. The number of rotatable bonds is 8. The fourth-order valence-electron chi connectivity index (χ4n) is 1.61. The van der Waals surface area contributed by atoms with E-state index in [1.807, 2.05) is 18.2 Å². The molecule has 21 heavy (non-hydrogen) atoms. The molecule has 0 heterocycles. The molecule has 1 rings (SSSR count). The van der Waals surface area contributed by atoms with Gasteiger partial charge in [0.05, 0.1) is 20.3 Å². The molecule has 0 aliphatic carbocycles. The topological polar surface area (TPSA) is 44.8 Å². The van der Waals surface area contributed by atoms with Gasteiger partial charge in [-0.2, -0.15) is 0 Å². The molecule has 0 saturated heterocycles. The molecular formula is C17H24O4. The van der Waals surface area contributed by atoms with Crippen molar-refractivity contribution >= 4 is 12.0 Å². The zero-order valence-electron chi connectivity index (χ0n) is 13.2. The van der Waals surface area contributed by atoms with Crippen LogP contribution in [-0.2, 0) is 9.53 Å². The second kappa shape index (κ2) is 9.06. The van der Waals surface area contributed by atoms with Crippen LogP contribution in [0.5, 0.6) is 11.5 Å². The first-order valence-electron chi connectivity index (χ1n) is 7.26. The molecule has 4 heteroatoms. The SMILES string of the molecule is CCOC(=O)/C=C/c1ccc(OCC(C)CC)c(OC)c1. The van der Waals surface area contributed by atoms with Crippen LogP contribution in [0.1, 0.15) is 32.8 Å². The highest BCUT2D eigenvalue weighted by atomic mass is 16.5. The number of hydrogen-bond acceptors (Lipinski definition) is 4. The molecule has 0 aromatic heterocycles. The van der Waals surface area contributed by atoms with Gasteiger partial charge in [0, 0.05) is 6.08 Å². The van der Waals surface area contributed by atoms with Crippen molar-refractivity contribution in [2.45, 2.75) is 27.2 Å². The number of hydrogen-bond donors (Lipinski definition) is 0. The van der Waals surface area contributed by atoms with Gasteiger partial charge in [0.2, 0.25) is 0 Å². The molecular weight excluding hydrogens is 268 g/mol. The molecule has 0 radical (unpaired) electrons. The molecule has 0 aliphatic rings. The zero-order valence-corrected chi connectivity index (χ0v) is 13.2. The third-order valence-electron chi connectivity index (χ3n) is 3.11. The lowest BCUT2D eigenvalue weighted by Gasteiger charge is -2.14. The number of ether oxygens (including phenoxy) is 3. The maximum Gasteiger partial charge on any atom is 0.330 e. The smallest absolute Gasteiger partial charge is 0.330 e. The average Bonchev–Trinajstić information content (AvgIpc) is 2.51. The Balaban J connectivity index is 2.76. The van der Waals surface area contributed by atoms with Crippen molar-refractivity contribution in [2.24, 2.45) is 5.92 Å². The Morgan fingerprint density at radius 2 is 2.05 bits per heavy atom. The maximum atomic E-state index is 11.3. The Kier molecular flexibility index (Phi) is 7.37. The minimum absolute atomic E-state index is 0.353. The van der Waals surface area contributed by atoms with Crippen molar-refractivity contribution < 1.29 is 19.0 Å². The standard InChI is InChI=1S/C17H24O4/c1-5-13(3)12-21-15-9-7-14(11-16(15)19-4)8-10-17(18)20-6-2/h7-11,13H,5-6,12H2,1-4H3/b10-8+. The van der Waals surface area contributed by atoms with E-state index in [-0.39, 0.29) is 5.97 Å². The fourth-order valence-corrected chi connectivity index (χ4v) is 1.61. The predicted octanol–water partition coefficient (Wildman–Crippen LogP) is 3.70. The first-order valence-corrected chi connectivity index (χ1v) is 7.26. The van der Waals surface area contributed by atoms with Crippen LogP contribution in [0.3, 0.4) is 0 Å². The van der Waals surface area contributed by atoms with Crippen LogP contribution in [-0.4, -0.2) is 26.3 Å². The minimum Gasteiger partial charge on any atom is -0.493 e. The highest BCUT2D eigenvalue weighted by Crippen LogP contribution is 2.29. The molecule has 0 amide bonds. The Morgan fingerprint density at radius 1 is 1.29 bits per heavy atom. The molecule has 0 bridgehead atoms. The second-order valence-corrected chi connectivity index (χ2v) is 4.82. The van der Waals surface area contributed by atoms with E-state index in [4.69, 9.17) is 14.2 Å². The minimum atomic E-state index is -0.353. The van der Waals surface area contributed by atoms with Crippen LogP contribution in [0.25, 0.3) is 6.08 Å². The third-order valence-corrected chi connectivity index (χ3v) is 3.11. The van der Waals surface area contributed by atoms with Gasteiger partial charge in [-0.3, -0.25) is 0 Å². The van der Waals surface area contributed by atoms with Crippen molar-refractivity contribution in [3.8, 4) is 11.5 Å². The summed E-state index contributed by atoms with van der Waals surface area (Å²) in [4.78, 5) is 11.3. The Morgan fingerprint density at radius 3 is 2.67 bits per heavy atom. The van der Waals surface area contributed by atoms with Crippen molar-refractivity contribution in [1.82, 2.24) is 0 Å². The van der Waals surface area contributed by atoms with E-state index in [1.165, 1.54) is 6.08 Å². The molecule has 0 aliphatic heterocycles. The molecule has 4 nitrogen and oxygen atoms in total. The summed E-state index contributed by atoms with van der Waals surface area (Å²) in [6, 6.07) is 5.57. The van der Waals surface area contributed by atoms with Gasteiger partial charge in [-0.15, -0.1) is 0 Å². The average molecular weight is 292 g/mol. The zero-order chi connectivity index (χ0) is 15.7. The summed E-state index contributed by atoms with van der Waals surface area (Å²) in [5.41, 5.74) is 0.857. The number of carbonyl (C=O) groups excluding carboxylic acids is 1. The van der Waals surface area contributed by atoms with E-state index in [0.717, 1.165) is 12.0 Å². The molecule has 1 atom stereocenters. The van der Waals surface area contributed by atoms with Gasteiger partial charge in [0.1, 0.15) is 0 Å². The van der Waals surface area contributed by atoms with Crippen molar-refractivity contribution in [1.29, 1.82) is 0 Å². The molecule has 0 fully saturated rings. The second-order valence-electron chi connectivity index (χ2n) is 4.82. The monoisotopic (exact) mass is 292 g/mol. The van der Waals surface area contributed by atoms with Crippen molar-refractivity contribution in [2.75, 3.05) is 20.3 Å². The normalized spacial score (nSPS) is 12.2.